The number of carbonyl (C=O) groups is 1. The first-order valence-corrected chi connectivity index (χ1v) is 12.5. The van der Waals surface area contributed by atoms with Gasteiger partial charge in [0.05, 0.1) is 49.6 Å². The summed E-state index contributed by atoms with van der Waals surface area (Å²) in [4.78, 5) is 15.6. The highest BCUT2D eigenvalue weighted by molar-refractivity contribution is 5.93. The lowest BCUT2D eigenvalue weighted by Crippen LogP contribution is -2.41. The average Bonchev–Trinajstić information content (AvgIpc) is 3.21. The zero-order valence-corrected chi connectivity index (χ0v) is 21.7. The molecule has 1 N–H and O–H groups in total. The highest BCUT2D eigenvalue weighted by Crippen LogP contribution is 2.41. The number of hydrogen-bond acceptors (Lipinski definition) is 5. The van der Waals surface area contributed by atoms with Crippen LogP contribution in [0.5, 0.6) is 11.5 Å². The molecule has 1 aromatic heterocycles. The number of carbonyl (C=O) groups excluding carboxylic acids is 1. The Labute approximate surface area is 217 Å². The minimum Gasteiger partial charge on any atom is -0.493 e. The number of anilines is 1. The number of rotatable bonds is 7. The Morgan fingerprint density at radius 1 is 0.973 bits per heavy atom. The van der Waals surface area contributed by atoms with E-state index in [4.69, 9.17) is 9.47 Å². The smallest absolute Gasteiger partial charge is 0.238 e. The number of amides is 1. The molecule has 4 aromatic rings. The van der Waals surface area contributed by atoms with E-state index in [1.54, 1.807) is 14.2 Å². The number of nitrogens with one attached hydrogen (secondary N) is 1. The standard InChI is InChI=1S/C30H32N4O3/c1-20-29(21(2)34(32-20)24-13-9-6-10-14-24)31-28(35)19-33-16-15-23-17-26(36-3)27(37-4)18-25(23)30(33)22-11-7-5-8-12-22/h5-14,17-18,30H,15-16,19H2,1-4H3,(H,31,35)/t30-/m1/s1. The summed E-state index contributed by atoms with van der Waals surface area (Å²) in [6, 6.07) is 24.3. The van der Waals surface area contributed by atoms with Crippen molar-refractivity contribution in [3.63, 3.8) is 0 Å². The maximum atomic E-state index is 13.4. The van der Waals surface area contributed by atoms with Gasteiger partial charge in [0.1, 0.15) is 0 Å². The number of nitrogens with zero attached hydrogens (tertiary/aromatic N) is 3. The molecule has 1 aliphatic rings. The third-order valence-corrected chi connectivity index (χ3v) is 6.99. The minimum absolute atomic E-state index is 0.0660. The molecule has 0 bridgehead atoms. The molecule has 1 aliphatic heterocycles. The Morgan fingerprint density at radius 3 is 2.30 bits per heavy atom. The molecule has 0 radical (unpaired) electrons. The maximum Gasteiger partial charge on any atom is 0.238 e. The molecule has 5 rings (SSSR count). The van der Waals surface area contributed by atoms with Crippen LogP contribution < -0.4 is 14.8 Å². The fourth-order valence-corrected chi connectivity index (χ4v) is 5.20. The van der Waals surface area contributed by atoms with Crippen molar-refractivity contribution in [1.29, 1.82) is 0 Å². The van der Waals surface area contributed by atoms with E-state index in [0.717, 1.165) is 52.6 Å². The summed E-state index contributed by atoms with van der Waals surface area (Å²) in [5.74, 6) is 1.34. The second-order valence-electron chi connectivity index (χ2n) is 9.28. The van der Waals surface area contributed by atoms with Crippen LogP contribution >= 0.6 is 0 Å². The van der Waals surface area contributed by atoms with E-state index >= 15 is 0 Å². The molecule has 37 heavy (non-hydrogen) atoms. The number of ether oxygens (including phenoxy) is 2. The van der Waals surface area contributed by atoms with Gasteiger partial charge in [-0.1, -0.05) is 48.5 Å². The number of hydrogen-bond donors (Lipinski definition) is 1. The summed E-state index contributed by atoms with van der Waals surface area (Å²) < 4.78 is 13.0. The van der Waals surface area contributed by atoms with Gasteiger partial charge >= 0.3 is 0 Å². The molecule has 0 fully saturated rings. The SMILES string of the molecule is COc1cc2c(cc1OC)[C@@H](c1ccccc1)N(CC(=O)Nc1c(C)nn(-c3ccccc3)c1C)CC2. The number of methoxy groups -OCH3 is 2. The van der Waals surface area contributed by atoms with Crippen LogP contribution in [0.3, 0.4) is 0 Å². The van der Waals surface area contributed by atoms with Gasteiger partial charge in [-0.15, -0.1) is 0 Å². The van der Waals surface area contributed by atoms with E-state index in [-0.39, 0.29) is 18.5 Å². The molecule has 190 valence electrons. The maximum absolute atomic E-state index is 13.4. The highest BCUT2D eigenvalue weighted by atomic mass is 16.5. The summed E-state index contributed by atoms with van der Waals surface area (Å²) in [7, 11) is 3.30. The predicted molar refractivity (Wildman–Crippen MR) is 145 cm³/mol. The lowest BCUT2D eigenvalue weighted by Gasteiger charge is -2.37. The van der Waals surface area contributed by atoms with Crippen molar-refractivity contribution >= 4 is 11.6 Å². The second-order valence-corrected chi connectivity index (χ2v) is 9.28. The normalized spacial score (nSPS) is 15.2. The molecule has 0 aliphatic carbocycles. The van der Waals surface area contributed by atoms with E-state index in [1.807, 2.05) is 73.1 Å². The summed E-state index contributed by atoms with van der Waals surface area (Å²) in [5.41, 5.74) is 6.88. The molecule has 0 spiro atoms. The number of benzene rings is 3. The summed E-state index contributed by atoms with van der Waals surface area (Å²) in [6.07, 6.45) is 0.816. The minimum atomic E-state index is -0.0789. The van der Waals surface area contributed by atoms with Crippen molar-refractivity contribution in [2.75, 3.05) is 32.6 Å². The lowest BCUT2D eigenvalue weighted by atomic mass is 9.87. The topological polar surface area (TPSA) is 68.6 Å². The lowest BCUT2D eigenvalue weighted by molar-refractivity contribution is -0.117. The monoisotopic (exact) mass is 496 g/mol. The average molecular weight is 497 g/mol. The van der Waals surface area contributed by atoms with Crippen LogP contribution in [0, 0.1) is 13.8 Å². The van der Waals surface area contributed by atoms with Crippen LogP contribution in [-0.4, -0.2) is 47.9 Å². The molecular formula is C30H32N4O3. The van der Waals surface area contributed by atoms with Gasteiger partial charge in [0.15, 0.2) is 11.5 Å². The van der Waals surface area contributed by atoms with Crippen molar-refractivity contribution in [3.05, 3.63) is 101 Å². The van der Waals surface area contributed by atoms with Crippen LogP contribution in [0.25, 0.3) is 5.69 Å². The van der Waals surface area contributed by atoms with Gasteiger partial charge in [0.25, 0.3) is 0 Å². The van der Waals surface area contributed by atoms with Gasteiger partial charge in [0, 0.05) is 6.54 Å². The van der Waals surface area contributed by atoms with Gasteiger partial charge in [-0.05, 0) is 61.2 Å². The highest BCUT2D eigenvalue weighted by Gasteiger charge is 2.32. The molecule has 3 aromatic carbocycles. The van der Waals surface area contributed by atoms with Gasteiger partial charge in [-0.3, -0.25) is 9.69 Å². The van der Waals surface area contributed by atoms with Gasteiger partial charge < -0.3 is 14.8 Å². The molecule has 0 unspecified atom stereocenters. The van der Waals surface area contributed by atoms with Gasteiger partial charge in [-0.25, -0.2) is 4.68 Å². The Kier molecular flexibility index (Phi) is 6.97. The Bertz CT molecular complexity index is 1400. The quantitative estimate of drug-likeness (QED) is 0.386. The van der Waals surface area contributed by atoms with E-state index in [9.17, 15) is 4.79 Å². The van der Waals surface area contributed by atoms with Crippen molar-refractivity contribution in [2.24, 2.45) is 0 Å². The third kappa shape index (κ3) is 4.82. The van der Waals surface area contributed by atoms with Crippen molar-refractivity contribution < 1.29 is 14.3 Å². The molecule has 1 amide bonds. The van der Waals surface area contributed by atoms with E-state index < -0.39 is 0 Å². The molecule has 2 heterocycles. The van der Waals surface area contributed by atoms with Crippen LogP contribution in [0.15, 0.2) is 72.8 Å². The predicted octanol–water partition coefficient (Wildman–Crippen LogP) is 5.09. The summed E-state index contributed by atoms with van der Waals surface area (Å²) in [6.45, 7) is 4.90. The Hall–Kier alpha value is -4.10. The fourth-order valence-electron chi connectivity index (χ4n) is 5.20. The van der Waals surface area contributed by atoms with Crippen LogP contribution in [0.1, 0.15) is 34.1 Å². The summed E-state index contributed by atoms with van der Waals surface area (Å²) in [5, 5.41) is 7.81. The molecule has 7 nitrogen and oxygen atoms in total. The second kappa shape index (κ2) is 10.5. The number of fused-ring (bicyclic) bond motifs is 1. The number of aryl methyl sites for hydroxylation is 1. The largest absolute Gasteiger partial charge is 0.493 e. The molecule has 1 atom stereocenters. The van der Waals surface area contributed by atoms with Crippen molar-refractivity contribution in [3.8, 4) is 17.2 Å². The fraction of sp³-hybridized carbons (Fsp3) is 0.267. The van der Waals surface area contributed by atoms with Crippen LogP contribution in [0.2, 0.25) is 0 Å². The van der Waals surface area contributed by atoms with Gasteiger partial charge in [0.2, 0.25) is 5.91 Å². The summed E-state index contributed by atoms with van der Waals surface area (Å²) >= 11 is 0. The van der Waals surface area contributed by atoms with E-state index in [0.29, 0.717) is 5.75 Å². The first-order chi connectivity index (χ1) is 18.0. The van der Waals surface area contributed by atoms with Crippen LogP contribution in [-0.2, 0) is 11.2 Å². The first kappa shape index (κ1) is 24.6. The molecule has 7 heteroatoms. The zero-order valence-electron chi connectivity index (χ0n) is 21.7. The van der Waals surface area contributed by atoms with E-state index in [1.165, 1.54) is 5.56 Å². The number of para-hydroxylation sites is 1. The van der Waals surface area contributed by atoms with Crippen LogP contribution in [0.4, 0.5) is 5.69 Å². The van der Waals surface area contributed by atoms with Gasteiger partial charge in [-0.2, -0.15) is 5.10 Å². The zero-order chi connectivity index (χ0) is 25.9. The third-order valence-electron chi connectivity index (χ3n) is 6.99. The Balaban J connectivity index is 1.43. The first-order valence-electron chi connectivity index (χ1n) is 12.5. The molecule has 0 saturated carbocycles. The van der Waals surface area contributed by atoms with E-state index in [2.05, 4.69) is 33.5 Å². The molecule has 0 saturated heterocycles. The number of aromatic nitrogens is 2. The van der Waals surface area contributed by atoms with Crippen molar-refractivity contribution in [1.82, 2.24) is 14.7 Å². The molecular weight excluding hydrogens is 464 g/mol. The van der Waals surface area contributed by atoms with Crippen molar-refractivity contribution in [2.45, 2.75) is 26.3 Å². The Morgan fingerprint density at radius 2 is 1.62 bits per heavy atom.